The standard InChI is InChI=1S/C16H29NO3/c1-4-13(5-2)12-17(6-3)14(18)11-16(15(19)20)9-7-8-10-16/h13H,4-12H2,1-3H3,(H,19,20). The Morgan fingerprint density at radius 1 is 1.15 bits per heavy atom. The number of carboxylic acids is 1. The van der Waals surface area contributed by atoms with Gasteiger partial charge in [0.1, 0.15) is 0 Å². The Morgan fingerprint density at radius 2 is 1.70 bits per heavy atom. The third kappa shape index (κ3) is 3.97. The minimum Gasteiger partial charge on any atom is -0.481 e. The van der Waals surface area contributed by atoms with Gasteiger partial charge in [-0.15, -0.1) is 0 Å². The maximum absolute atomic E-state index is 12.5. The lowest BCUT2D eigenvalue weighted by Crippen LogP contribution is -2.40. The molecule has 1 amide bonds. The normalized spacial score (nSPS) is 17.4. The van der Waals surface area contributed by atoms with Crippen LogP contribution in [0.4, 0.5) is 0 Å². The van der Waals surface area contributed by atoms with Crippen molar-refractivity contribution in [3.63, 3.8) is 0 Å². The van der Waals surface area contributed by atoms with Crippen LogP contribution in [0.3, 0.4) is 0 Å². The number of hydrogen-bond acceptors (Lipinski definition) is 2. The average molecular weight is 283 g/mol. The van der Waals surface area contributed by atoms with Gasteiger partial charge in [-0.3, -0.25) is 9.59 Å². The second-order valence-corrected chi connectivity index (χ2v) is 6.08. The number of carboxylic acid groups (broad SMARTS) is 1. The van der Waals surface area contributed by atoms with E-state index in [1.807, 2.05) is 11.8 Å². The fourth-order valence-corrected chi connectivity index (χ4v) is 3.19. The molecule has 1 saturated carbocycles. The van der Waals surface area contributed by atoms with E-state index >= 15 is 0 Å². The molecule has 1 N–H and O–H groups in total. The second kappa shape index (κ2) is 7.65. The Morgan fingerprint density at radius 3 is 2.10 bits per heavy atom. The molecule has 1 aliphatic rings. The molecule has 1 fully saturated rings. The molecule has 0 aromatic carbocycles. The lowest BCUT2D eigenvalue weighted by molar-refractivity contribution is -0.153. The average Bonchev–Trinajstić information content (AvgIpc) is 2.90. The van der Waals surface area contributed by atoms with Crippen molar-refractivity contribution in [2.24, 2.45) is 11.3 Å². The van der Waals surface area contributed by atoms with Crippen molar-refractivity contribution < 1.29 is 14.7 Å². The van der Waals surface area contributed by atoms with E-state index in [1.165, 1.54) is 0 Å². The summed E-state index contributed by atoms with van der Waals surface area (Å²) in [7, 11) is 0. The van der Waals surface area contributed by atoms with E-state index in [9.17, 15) is 14.7 Å². The zero-order chi connectivity index (χ0) is 15.2. The van der Waals surface area contributed by atoms with Crippen LogP contribution >= 0.6 is 0 Å². The number of aliphatic carboxylic acids is 1. The molecule has 4 nitrogen and oxygen atoms in total. The van der Waals surface area contributed by atoms with Gasteiger partial charge in [-0.1, -0.05) is 39.5 Å². The minimum atomic E-state index is -0.793. The SMILES string of the molecule is CCC(CC)CN(CC)C(=O)CC1(C(=O)O)CCCC1. The summed E-state index contributed by atoms with van der Waals surface area (Å²) < 4.78 is 0. The zero-order valence-electron chi connectivity index (χ0n) is 13.2. The Kier molecular flexibility index (Phi) is 6.50. The fraction of sp³-hybridized carbons (Fsp3) is 0.875. The summed E-state index contributed by atoms with van der Waals surface area (Å²) in [6.45, 7) is 7.69. The van der Waals surface area contributed by atoms with Crippen LogP contribution in [-0.4, -0.2) is 35.0 Å². The fourth-order valence-electron chi connectivity index (χ4n) is 3.19. The predicted molar refractivity (Wildman–Crippen MR) is 79.5 cm³/mol. The first-order valence-electron chi connectivity index (χ1n) is 8.00. The molecule has 0 saturated heterocycles. The number of rotatable bonds is 8. The van der Waals surface area contributed by atoms with Gasteiger partial charge < -0.3 is 10.0 Å². The van der Waals surface area contributed by atoms with Gasteiger partial charge in [0.25, 0.3) is 0 Å². The third-order valence-electron chi connectivity index (χ3n) is 4.87. The van der Waals surface area contributed by atoms with E-state index in [0.29, 0.717) is 25.3 Å². The maximum atomic E-state index is 12.5. The highest BCUT2D eigenvalue weighted by molar-refractivity contribution is 5.85. The van der Waals surface area contributed by atoms with Crippen molar-refractivity contribution in [3.05, 3.63) is 0 Å². The van der Waals surface area contributed by atoms with Crippen molar-refractivity contribution in [1.82, 2.24) is 4.90 Å². The van der Waals surface area contributed by atoms with Gasteiger partial charge in [0.05, 0.1) is 5.41 Å². The Labute approximate surface area is 122 Å². The molecule has 0 aromatic rings. The molecule has 116 valence electrons. The molecule has 0 aromatic heterocycles. The first-order chi connectivity index (χ1) is 9.49. The molecule has 0 heterocycles. The van der Waals surface area contributed by atoms with E-state index in [0.717, 1.165) is 32.2 Å². The van der Waals surface area contributed by atoms with E-state index in [-0.39, 0.29) is 12.3 Å². The first-order valence-corrected chi connectivity index (χ1v) is 8.00. The van der Waals surface area contributed by atoms with Gasteiger partial charge >= 0.3 is 5.97 Å². The first kappa shape index (κ1) is 17.0. The molecule has 0 bridgehead atoms. The smallest absolute Gasteiger partial charge is 0.310 e. The van der Waals surface area contributed by atoms with Crippen LogP contribution in [0, 0.1) is 11.3 Å². The van der Waals surface area contributed by atoms with Gasteiger partial charge in [-0.05, 0) is 25.7 Å². The van der Waals surface area contributed by atoms with Crippen LogP contribution in [0.1, 0.15) is 65.7 Å². The number of carbonyl (C=O) groups excluding carboxylic acids is 1. The molecule has 20 heavy (non-hydrogen) atoms. The number of nitrogens with zero attached hydrogens (tertiary/aromatic N) is 1. The van der Waals surface area contributed by atoms with E-state index < -0.39 is 11.4 Å². The summed E-state index contributed by atoms with van der Waals surface area (Å²) in [6, 6.07) is 0. The van der Waals surface area contributed by atoms with Gasteiger partial charge in [-0.2, -0.15) is 0 Å². The summed E-state index contributed by atoms with van der Waals surface area (Å²) in [5.41, 5.74) is -0.793. The van der Waals surface area contributed by atoms with Crippen LogP contribution in [-0.2, 0) is 9.59 Å². The maximum Gasteiger partial charge on any atom is 0.310 e. The van der Waals surface area contributed by atoms with Gasteiger partial charge in [0.2, 0.25) is 5.91 Å². The van der Waals surface area contributed by atoms with Crippen molar-refractivity contribution in [2.75, 3.05) is 13.1 Å². The lowest BCUT2D eigenvalue weighted by Gasteiger charge is -2.30. The number of hydrogen-bond donors (Lipinski definition) is 1. The van der Waals surface area contributed by atoms with Crippen molar-refractivity contribution in [1.29, 1.82) is 0 Å². The van der Waals surface area contributed by atoms with Crippen LogP contribution in [0.25, 0.3) is 0 Å². The molecular weight excluding hydrogens is 254 g/mol. The van der Waals surface area contributed by atoms with Crippen LogP contribution < -0.4 is 0 Å². The summed E-state index contributed by atoms with van der Waals surface area (Å²) >= 11 is 0. The summed E-state index contributed by atoms with van der Waals surface area (Å²) in [6.07, 6.45) is 5.45. The van der Waals surface area contributed by atoms with Crippen LogP contribution in [0.15, 0.2) is 0 Å². The minimum absolute atomic E-state index is 0.0173. The van der Waals surface area contributed by atoms with Crippen LogP contribution in [0.2, 0.25) is 0 Å². The predicted octanol–water partition coefficient (Wildman–Crippen LogP) is 3.31. The largest absolute Gasteiger partial charge is 0.481 e. The van der Waals surface area contributed by atoms with E-state index in [1.54, 1.807) is 0 Å². The molecule has 1 aliphatic carbocycles. The number of carbonyl (C=O) groups is 2. The molecular formula is C16H29NO3. The molecule has 1 rings (SSSR count). The van der Waals surface area contributed by atoms with Gasteiger partial charge in [-0.25, -0.2) is 0 Å². The van der Waals surface area contributed by atoms with E-state index in [4.69, 9.17) is 0 Å². The molecule has 4 heteroatoms. The highest BCUT2D eigenvalue weighted by Crippen LogP contribution is 2.41. The topological polar surface area (TPSA) is 57.6 Å². The lowest BCUT2D eigenvalue weighted by atomic mass is 9.82. The van der Waals surface area contributed by atoms with E-state index in [2.05, 4.69) is 13.8 Å². The highest BCUT2D eigenvalue weighted by atomic mass is 16.4. The monoisotopic (exact) mass is 283 g/mol. The van der Waals surface area contributed by atoms with Crippen molar-refractivity contribution in [2.45, 2.75) is 65.7 Å². The second-order valence-electron chi connectivity index (χ2n) is 6.08. The zero-order valence-corrected chi connectivity index (χ0v) is 13.2. The molecule has 0 aliphatic heterocycles. The Balaban J connectivity index is 2.68. The Bertz CT molecular complexity index is 331. The molecule has 0 unspecified atom stereocenters. The molecule has 0 radical (unpaired) electrons. The molecule has 0 atom stereocenters. The Hall–Kier alpha value is -1.06. The number of amides is 1. The van der Waals surface area contributed by atoms with Crippen molar-refractivity contribution in [3.8, 4) is 0 Å². The highest BCUT2D eigenvalue weighted by Gasteiger charge is 2.43. The van der Waals surface area contributed by atoms with Gasteiger partial charge in [0, 0.05) is 19.5 Å². The van der Waals surface area contributed by atoms with Crippen LogP contribution in [0.5, 0.6) is 0 Å². The quantitative estimate of drug-likeness (QED) is 0.743. The summed E-state index contributed by atoms with van der Waals surface area (Å²) in [4.78, 5) is 25.9. The third-order valence-corrected chi connectivity index (χ3v) is 4.87. The molecule has 0 spiro atoms. The van der Waals surface area contributed by atoms with Gasteiger partial charge in [0.15, 0.2) is 0 Å². The summed E-state index contributed by atoms with van der Waals surface area (Å²) in [5, 5.41) is 9.47. The summed E-state index contributed by atoms with van der Waals surface area (Å²) in [5.74, 6) is -0.256. The van der Waals surface area contributed by atoms with Crippen molar-refractivity contribution >= 4 is 11.9 Å².